The zero-order valence-corrected chi connectivity index (χ0v) is 22.6. The molecule has 4 aromatic rings. The van der Waals surface area contributed by atoms with Crippen LogP contribution in [0.25, 0.3) is 32.7 Å². The first-order chi connectivity index (χ1) is 16.3. The van der Waals surface area contributed by atoms with Gasteiger partial charge in [0.15, 0.2) is 0 Å². The summed E-state index contributed by atoms with van der Waals surface area (Å²) in [7, 11) is -1.18. The fourth-order valence-electron chi connectivity index (χ4n) is 4.54. The highest BCUT2D eigenvalue weighted by atomic mass is 32.2. The lowest BCUT2D eigenvalue weighted by Gasteiger charge is -2.23. The molecule has 0 unspecified atom stereocenters. The average Bonchev–Trinajstić information content (AvgIpc) is 2.80. The molecular formula is C30H34O4S. The minimum absolute atomic E-state index is 0.0123. The summed E-state index contributed by atoms with van der Waals surface area (Å²) in [5, 5.41) is 3.75. The van der Waals surface area contributed by atoms with E-state index >= 15 is 0 Å². The van der Waals surface area contributed by atoms with Crippen LogP contribution in [-0.4, -0.2) is 22.6 Å². The number of ether oxygens (including phenoxy) is 1. The van der Waals surface area contributed by atoms with E-state index < -0.39 is 10.1 Å². The molecule has 0 aromatic heterocycles. The molecule has 0 spiro atoms. The van der Waals surface area contributed by atoms with Gasteiger partial charge in [-0.05, 0) is 55.6 Å². The summed E-state index contributed by atoms with van der Waals surface area (Å²) >= 11 is 0. The molecule has 0 bridgehead atoms. The van der Waals surface area contributed by atoms with Gasteiger partial charge in [0, 0.05) is 11.1 Å². The van der Waals surface area contributed by atoms with Crippen molar-refractivity contribution in [2.45, 2.75) is 57.3 Å². The number of methoxy groups -OCH3 is 1. The van der Waals surface area contributed by atoms with Crippen LogP contribution in [0.5, 0.6) is 5.75 Å². The molecule has 5 heteroatoms. The van der Waals surface area contributed by atoms with E-state index in [0.29, 0.717) is 11.3 Å². The van der Waals surface area contributed by atoms with Gasteiger partial charge in [-0.15, -0.1) is 0 Å². The first-order valence-electron chi connectivity index (χ1n) is 11.8. The van der Waals surface area contributed by atoms with Crippen molar-refractivity contribution in [1.82, 2.24) is 0 Å². The maximum atomic E-state index is 13.1. The number of hydrogen-bond acceptors (Lipinski definition) is 4. The van der Waals surface area contributed by atoms with E-state index in [1.54, 1.807) is 13.2 Å². The minimum atomic E-state index is -3.99. The predicted molar refractivity (Wildman–Crippen MR) is 145 cm³/mol. The van der Waals surface area contributed by atoms with Crippen molar-refractivity contribution in [3.05, 3.63) is 71.8 Å². The summed E-state index contributed by atoms with van der Waals surface area (Å²) in [5.74, 6) is 0.612. The molecule has 4 rings (SSSR count). The molecule has 0 saturated carbocycles. The highest BCUT2D eigenvalue weighted by Crippen LogP contribution is 2.45. The van der Waals surface area contributed by atoms with Crippen LogP contribution >= 0.6 is 0 Å². The van der Waals surface area contributed by atoms with E-state index in [-0.39, 0.29) is 15.7 Å². The summed E-state index contributed by atoms with van der Waals surface area (Å²) in [4.78, 5) is 0.127. The maximum Gasteiger partial charge on any atom is 0.297 e. The molecule has 0 N–H and O–H groups in total. The number of fused-ring (bicyclic) bond motifs is 2. The topological polar surface area (TPSA) is 52.6 Å². The molecule has 0 aliphatic carbocycles. The number of rotatable bonds is 4. The Kier molecular flexibility index (Phi) is 6.23. The second-order valence-corrected chi connectivity index (χ2v) is 12.8. The van der Waals surface area contributed by atoms with Gasteiger partial charge in [0.1, 0.15) is 10.6 Å². The third-order valence-corrected chi connectivity index (χ3v) is 7.97. The van der Waals surface area contributed by atoms with Crippen LogP contribution in [0, 0.1) is 0 Å². The Morgan fingerprint density at radius 3 is 1.57 bits per heavy atom. The molecule has 0 heterocycles. The third-order valence-electron chi connectivity index (χ3n) is 6.65. The van der Waals surface area contributed by atoms with Gasteiger partial charge in [-0.25, -0.2) is 0 Å². The second-order valence-electron chi connectivity index (χ2n) is 11.1. The SMILES string of the molecule is COc1ccc2cc(C(C)(C)C)ccc2c1-c1c(S(=O)(=O)OC)ccc2cc(C(C)(C)C)ccc12. The Morgan fingerprint density at radius 1 is 0.629 bits per heavy atom. The molecular weight excluding hydrogens is 456 g/mol. The average molecular weight is 491 g/mol. The second kappa shape index (κ2) is 8.65. The van der Waals surface area contributed by atoms with Crippen LogP contribution in [0.4, 0.5) is 0 Å². The number of hydrogen-bond donors (Lipinski definition) is 0. The Hall–Kier alpha value is -2.89. The van der Waals surface area contributed by atoms with Crippen molar-refractivity contribution in [3.8, 4) is 16.9 Å². The third kappa shape index (κ3) is 4.55. The first-order valence-corrected chi connectivity index (χ1v) is 13.2. The molecule has 184 valence electrons. The van der Waals surface area contributed by atoms with Gasteiger partial charge in [0.25, 0.3) is 10.1 Å². The molecule has 0 aliphatic rings. The van der Waals surface area contributed by atoms with Crippen LogP contribution in [0.15, 0.2) is 65.6 Å². The Balaban J connectivity index is 2.18. The van der Waals surface area contributed by atoms with Crippen LogP contribution in [0.1, 0.15) is 52.7 Å². The van der Waals surface area contributed by atoms with Gasteiger partial charge >= 0.3 is 0 Å². The van der Waals surface area contributed by atoms with Gasteiger partial charge in [0.2, 0.25) is 0 Å². The molecule has 0 aliphatic heterocycles. The zero-order chi connectivity index (χ0) is 25.8. The lowest BCUT2D eigenvalue weighted by molar-refractivity contribution is 0.398. The molecule has 4 aromatic carbocycles. The van der Waals surface area contributed by atoms with Crippen LogP contribution in [0.3, 0.4) is 0 Å². The molecule has 0 radical (unpaired) electrons. The Labute approximate surface area is 209 Å². The summed E-state index contributed by atoms with van der Waals surface area (Å²) in [6.45, 7) is 13.0. The minimum Gasteiger partial charge on any atom is -0.496 e. The van der Waals surface area contributed by atoms with Crippen molar-refractivity contribution in [1.29, 1.82) is 0 Å². The number of benzene rings is 4. The van der Waals surface area contributed by atoms with Crippen molar-refractivity contribution >= 4 is 31.7 Å². The van der Waals surface area contributed by atoms with Crippen LogP contribution < -0.4 is 4.74 Å². The van der Waals surface area contributed by atoms with E-state index in [1.165, 1.54) is 18.2 Å². The standard InChI is InChI=1S/C30H34O4S/c1-29(2,3)21-11-13-23-19(17-21)9-15-25(33-7)27(23)28-24-14-12-22(30(4,5)6)18-20(24)10-16-26(28)35(31,32)34-8/h9-18H,1-8H3. The smallest absolute Gasteiger partial charge is 0.297 e. The molecule has 35 heavy (non-hydrogen) atoms. The van der Waals surface area contributed by atoms with E-state index in [1.807, 2.05) is 24.3 Å². The lowest BCUT2D eigenvalue weighted by atomic mass is 9.83. The molecule has 0 fully saturated rings. The zero-order valence-electron chi connectivity index (χ0n) is 21.8. The summed E-state index contributed by atoms with van der Waals surface area (Å²) in [6.07, 6.45) is 0. The monoisotopic (exact) mass is 490 g/mol. The van der Waals surface area contributed by atoms with Crippen LogP contribution in [-0.2, 0) is 25.1 Å². The van der Waals surface area contributed by atoms with Crippen molar-refractivity contribution in [3.63, 3.8) is 0 Å². The molecule has 4 nitrogen and oxygen atoms in total. The Bertz CT molecular complexity index is 1540. The molecule has 0 amide bonds. The van der Waals surface area contributed by atoms with E-state index in [9.17, 15) is 8.42 Å². The molecule has 0 saturated heterocycles. The first kappa shape index (κ1) is 25.2. The highest BCUT2D eigenvalue weighted by Gasteiger charge is 2.26. The van der Waals surface area contributed by atoms with E-state index in [0.717, 1.165) is 27.1 Å². The summed E-state index contributed by atoms with van der Waals surface area (Å²) < 4.78 is 37.0. The quantitative estimate of drug-likeness (QED) is 0.276. The highest BCUT2D eigenvalue weighted by molar-refractivity contribution is 7.87. The van der Waals surface area contributed by atoms with E-state index in [4.69, 9.17) is 8.92 Å². The van der Waals surface area contributed by atoms with Gasteiger partial charge in [-0.2, -0.15) is 8.42 Å². The van der Waals surface area contributed by atoms with Crippen LogP contribution in [0.2, 0.25) is 0 Å². The lowest BCUT2D eigenvalue weighted by Crippen LogP contribution is -2.11. The van der Waals surface area contributed by atoms with Crippen molar-refractivity contribution in [2.75, 3.05) is 14.2 Å². The fourth-order valence-corrected chi connectivity index (χ4v) is 5.41. The normalized spacial score (nSPS) is 12.9. The van der Waals surface area contributed by atoms with Gasteiger partial charge in [-0.1, -0.05) is 90.1 Å². The largest absolute Gasteiger partial charge is 0.496 e. The van der Waals surface area contributed by atoms with Gasteiger partial charge < -0.3 is 4.74 Å². The van der Waals surface area contributed by atoms with Crippen molar-refractivity contribution < 1.29 is 17.3 Å². The van der Waals surface area contributed by atoms with Gasteiger partial charge in [-0.3, -0.25) is 4.18 Å². The maximum absolute atomic E-state index is 13.1. The summed E-state index contributed by atoms with van der Waals surface area (Å²) in [6, 6.07) is 20.0. The summed E-state index contributed by atoms with van der Waals surface area (Å²) in [5.41, 5.74) is 3.68. The van der Waals surface area contributed by atoms with Gasteiger partial charge in [0.05, 0.1) is 14.2 Å². The fraction of sp³-hybridized carbons (Fsp3) is 0.333. The Morgan fingerprint density at radius 2 is 1.11 bits per heavy atom. The van der Waals surface area contributed by atoms with Crippen molar-refractivity contribution in [2.24, 2.45) is 0 Å². The predicted octanol–water partition coefficient (Wildman–Crippen LogP) is 7.60. The van der Waals surface area contributed by atoms with E-state index in [2.05, 4.69) is 71.9 Å². The molecule has 0 atom stereocenters.